The van der Waals surface area contributed by atoms with Crippen molar-refractivity contribution >= 4 is 11.4 Å². The quantitative estimate of drug-likeness (QED) is 0.816. The van der Waals surface area contributed by atoms with Crippen molar-refractivity contribution in [3.63, 3.8) is 0 Å². The first-order chi connectivity index (χ1) is 7.01. The van der Waals surface area contributed by atoms with E-state index in [-0.39, 0.29) is 6.54 Å². The van der Waals surface area contributed by atoms with E-state index in [1.165, 1.54) is 6.20 Å². The van der Waals surface area contributed by atoms with E-state index in [0.717, 1.165) is 5.69 Å². The zero-order valence-corrected chi connectivity index (χ0v) is 8.23. The van der Waals surface area contributed by atoms with Crippen molar-refractivity contribution in [3.8, 4) is 0 Å². The van der Waals surface area contributed by atoms with Crippen LogP contribution in [-0.4, -0.2) is 24.8 Å². The van der Waals surface area contributed by atoms with Crippen molar-refractivity contribution in [3.05, 3.63) is 18.5 Å². The Labute approximate surface area is 85.7 Å². The van der Waals surface area contributed by atoms with Crippen LogP contribution >= 0.6 is 0 Å². The minimum atomic E-state index is -4.12. The molecule has 1 aromatic rings. The number of aromatic nitrogens is 1. The monoisotopic (exact) mass is 219 g/mol. The molecule has 2 N–H and O–H groups in total. The summed E-state index contributed by atoms with van der Waals surface area (Å²) in [4.78, 5) is 3.86. The van der Waals surface area contributed by atoms with Gasteiger partial charge in [0, 0.05) is 13.6 Å². The van der Waals surface area contributed by atoms with Gasteiger partial charge >= 0.3 is 6.18 Å². The molecule has 0 unspecified atom stereocenters. The second-order valence-corrected chi connectivity index (χ2v) is 3.00. The van der Waals surface area contributed by atoms with Crippen molar-refractivity contribution in [2.75, 3.05) is 24.2 Å². The Bertz CT molecular complexity index is 312. The van der Waals surface area contributed by atoms with Crippen LogP contribution in [0.15, 0.2) is 18.5 Å². The number of pyridine rings is 1. The van der Waals surface area contributed by atoms with Gasteiger partial charge in [0.2, 0.25) is 0 Å². The Kier molecular flexibility index (Phi) is 3.76. The molecule has 0 fully saturated rings. The summed E-state index contributed by atoms with van der Waals surface area (Å²) in [7, 11) is 1.72. The van der Waals surface area contributed by atoms with Crippen LogP contribution in [-0.2, 0) is 0 Å². The summed E-state index contributed by atoms with van der Waals surface area (Å²) in [6.07, 6.45) is -1.90. The van der Waals surface area contributed by atoms with Gasteiger partial charge < -0.3 is 10.6 Å². The molecule has 1 rings (SSSR count). The summed E-state index contributed by atoms with van der Waals surface area (Å²) in [5.41, 5.74) is 1.33. The Morgan fingerprint density at radius 1 is 1.27 bits per heavy atom. The predicted molar refractivity (Wildman–Crippen MR) is 52.9 cm³/mol. The highest BCUT2D eigenvalue weighted by Gasteiger charge is 2.26. The molecule has 84 valence electrons. The molecule has 0 aliphatic carbocycles. The van der Waals surface area contributed by atoms with Crippen LogP contribution < -0.4 is 10.6 Å². The summed E-state index contributed by atoms with van der Waals surface area (Å²) in [6, 6.07) is 1.70. The van der Waals surface area contributed by atoms with Crippen molar-refractivity contribution in [2.45, 2.75) is 12.6 Å². The summed E-state index contributed by atoms with van der Waals surface area (Å²) in [5.74, 6) is 0. The van der Waals surface area contributed by atoms with Gasteiger partial charge in [-0.3, -0.25) is 4.98 Å². The Morgan fingerprint density at radius 2 is 1.93 bits per heavy atom. The molecule has 3 nitrogen and oxygen atoms in total. The summed E-state index contributed by atoms with van der Waals surface area (Å²) in [6.45, 7) is -0.141. The molecule has 0 aromatic carbocycles. The average Bonchev–Trinajstić information content (AvgIpc) is 2.16. The first-order valence-electron chi connectivity index (χ1n) is 4.45. The predicted octanol–water partition coefficient (Wildman–Crippen LogP) is 2.49. The molecule has 15 heavy (non-hydrogen) atoms. The van der Waals surface area contributed by atoms with Gasteiger partial charge in [0.1, 0.15) is 0 Å². The van der Waals surface area contributed by atoms with E-state index in [1.54, 1.807) is 19.3 Å². The van der Waals surface area contributed by atoms with Gasteiger partial charge in [0.05, 0.1) is 30.2 Å². The van der Waals surface area contributed by atoms with E-state index < -0.39 is 12.6 Å². The SMILES string of the molecule is CNc1cncc(NCCC(F)(F)F)c1. The zero-order valence-electron chi connectivity index (χ0n) is 8.23. The number of halogens is 3. The number of hydrogen-bond donors (Lipinski definition) is 2. The lowest BCUT2D eigenvalue weighted by Gasteiger charge is -2.09. The maximum Gasteiger partial charge on any atom is 0.390 e. The minimum Gasteiger partial charge on any atom is -0.387 e. The van der Waals surface area contributed by atoms with Crippen molar-refractivity contribution < 1.29 is 13.2 Å². The Hall–Kier alpha value is -1.46. The van der Waals surface area contributed by atoms with Crippen LogP contribution in [0.25, 0.3) is 0 Å². The second kappa shape index (κ2) is 4.86. The fourth-order valence-electron chi connectivity index (χ4n) is 1.02. The number of rotatable bonds is 4. The van der Waals surface area contributed by atoms with E-state index in [0.29, 0.717) is 5.69 Å². The van der Waals surface area contributed by atoms with Gasteiger partial charge in [0.25, 0.3) is 0 Å². The summed E-state index contributed by atoms with van der Waals surface area (Å²) >= 11 is 0. The van der Waals surface area contributed by atoms with Gasteiger partial charge in [-0.2, -0.15) is 13.2 Å². The molecule has 0 atom stereocenters. The molecule has 0 aliphatic heterocycles. The van der Waals surface area contributed by atoms with Crippen LogP contribution in [0.5, 0.6) is 0 Å². The molecule has 0 saturated heterocycles. The van der Waals surface area contributed by atoms with E-state index in [1.807, 2.05) is 0 Å². The van der Waals surface area contributed by atoms with Gasteiger partial charge in [-0.05, 0) is 6.07 Å². The lowest BCUT2D eigenvalue weighted by Crippen LogP contribution is -2.14. The Morgan fingerprint density at radius 3 is 2.53 bits per heavy atom. The van der Waals surface area contributed by atoms with E-state index in [4.69, 9.17) is 0 Å². The molecule has 1 heterocycles. The molecule has 6 heteroatoms. The highest BCUT2D eigenvalue weighted by Crippen LogP contribution is 2.19. The minimum absolute atomic E-state index is 0.141. The fraction of sp³-hybridized carbons (Fsp3) is 0.444. The lowest BCUT2D eigenvalue weighted by molar-refractivity contribution is -0.131. The summed E-state index contributed by atoms with van der Waals surface area (Å²) in [5, 5.41) is 5.50. The van der Waals surface area contributed by atoms with E-state index >= 15 is 0 Å². The average molecular weight is 219 g/mol. The van der Waals surface area contributed by atoms with Crippen LogP contribution in [0, 0.1) is 0 Å². The summed E-state index contributed by atoms with van der Waals surface area (Å²) < 4.78 is 35.5. The molecule has 0 radical (unpaired) electrons. The number of nitrogens with zero attached hydrogens (tertiary/aromatic N) is 1. The smallest absolute Gasteiger partial charge is 0.387 e. The van der Waals surface area contributed by atoms with Gasteiger partial charge in [0.15, 0.2) is 0 Å². The topological polar surface area (TPSA) is 37.0 Å². The third-order valence-electron chi connectivity index (χ3n) is 1.76. The standard InChI is InChI=1S/C9H12F3N3/c1-13-7-4-8(6-14-5-7)15-3-2-9(10,11)12/h4-6,13,15H,2-3H2,1H3. The number of hydrogen-bond acceptors (Lipinski definition) is 3. The highest BCUT2D eigenvalue weighted by atomic mass is 19.4. The molecule has 0 saturated carbocycles. The molecular weight excluding hydrogens is 207 g/mol. The van der Waals surface area contributed by atoms with E-state index in [2.05, 4.69) is 15.6 Å². The fourth-order valence-corrected chi connectivity index (χ4v) is 1.02. The zero-order chi connectivity index (χ0) is 11.3. The van der Waals surface area contributed by atoms with Crippen molar-refractivity contribution in [2.24, 2.45) is 0 Å². The third-order valence-corrected chi connectivity index (χ3v) is 1.76. The third kappa shape index (κ3) is 4.53. The van der Waals surface area contributed by atoms with E-state index in [9.17, 15) is 13.2 Å². The molecule has 1 aromatic heterocycles. The first kappa shape index (κ1) is 11.6. The number of alkyl halides is 3. The number of nitrogens with one attached hydrogen (secondary N) is 2. The van der Waals surface area contributed by atoms with Gasteiger partial charge in [-0.15, -0.1) is 0 Å². The van der Waals surface area contributed by atoms with Crippen LogP contribution in [0.4, 0.5) is 24.5 Å². The molecule has 0 bridgehead atoms. The van der Waals surface area contributed by atoms with Crippen LogP contribution in [0.1, 0.15) is 6.42 Å². The Balaban J connectivity index is 2.44. The van der Waals surface area contributed by atoms with Crippen molar-refractivity contribution in [1.29, 1.82) is 0 Å². The van der Waals surface area contributed by atoms with Crippen LogP contribution in [0.2, 0.25) is 0 Å². The van der Waals surface area contributed by atoms with Crippen LogP contribution in [0.3, 0.4) is 0 Å². The molecule has 0 spiro atoms. The maximum absolute atomic E-state index is 11.8. The highest BCUT2D eigenvalue weighted by molar-refractivity contribution is 5.53. The van der Waals surface area contributed by atoms with Crippen molar-refractivity contribution in [1.82, 2.24) is 4.98 Å². The molecule has 0 amide bonds. The largest absolute Gasteiger partial charge is 0.390 e. The lowest BCUT2D eigenvalue weighted by atomic mass is 10.3. The second-order valence-electron chi connectivity index (χ2n) is 3.00. The normalized spacial score (nSPS) is 11.2. The van der Waals surface area contributed by atoms with Gasteiger partial charge in [-0.25, -0.2) is 0 Å². The maximum atomic E-state index is 11.8. The number of anilines is 2. The molecular formula is C9H12F3N3. The first-order valence-corrected chi connectivity index (χ1v) is 4.45. The molecule has 0 aliphatic rings. The van der Waals surface area contributed by atoms with Gasteiger partial charge in [-0.1, -0.05) is 0 Å².